The summed E-state index contributed by atoms with van der Waals surface area (Å²) in [6.45, 7) is 7.14. The lowest BCUT2D eigenvalue weighted by atomic mass is 9.99. The van der Waals surface area contributed by atoms with Gasteiger partial charge < -0.3 is 9.53 Å². The molecule has 0 amide bonds. The molecule has 3 heteroatoms. The maximum atomic E-state index is 9.37. The van der Waals surface area contributed by atoms with Crippen LogP contribution in [0.3, 0.4) is 0 Å². The van der Waals surface area contributed by atoms with Gasteiger partial charge in [-0.1, -0.05) is 12.2 Å². The van der Waals surface area contributed by atoms with Crippen molar-refractivity contribution in [2.24, 2.45) is 23.7 Å². The van der Waals surface area contributed by atoms with Crippen molar-refractivity contribution >= 4 is 8.32 Å². The highest BCUT2D eigenvalue weighted by Crippen LogP contribution is 2.72. The van der Waals surface area contributed by atoms with Gasteiger partial charge in [-0.3, -0.25) is 0 Å². The SMILES string of the molecule is C[Si](C)(C)OC12[C@H]3[C@H](CO)C[C@@H]1C=C[C@H]32. The van der Waals surface area contributed by atoms with Gasteiger partial charge in [0.05, 0.1) is 5.60 Å². The molecule has 3 aliphatic carbocycles. The maximum Gasteiger partial charge on any atom is 0.184 e. The number of aliphatic hydroxyl groups excluding tert-OH is 1. The molecule has 3 aliphatic rings. The lowest BCUT2D eigenvalue weighted by Gasteiger charge is -2.28. The first-order valence-electron chi connectivity index (χ1n) is 5.98. The Morgan fingerprint density at radius 2 is 2.13 bits per heavy atom. The Kier molecular flexibility index (Phi) is 1.85. The van der Waals surface area contributed by atoms with E-state index in [1.165, 1.54) is 0 Å². The fourth-order valence-corrected chi connectivity index (χ4v) is 5.42. The van der Waals surface area contributed by atoms with Crippen LogP contribution < -0.4 is 0 Å². The summed E-state index contributed by atoms with van der Waals surface area (Å²) in [7, 11) is -1.46. The van der Waals surface area contributed by atoms with Crippen molar-refractivity contribution in [2.45, 2.75) is 31.7 Å². The highest BCUT2D eigenvalue weighted by molar-refractivity contribution is 6.69. The summed E-state index contributed by atoms with van der Waals surface area (Å²) in [5.41, 5.74) is 0.137. The van der Waals surface area contributed by atoms with Gasteiger partial charge in [0.1, 0.15) is 0 Å². The van der Waals surface area contributed by atoms with Crippen molar-refractivity contribution in [1.82, 2.24) is 0 Å². The van der Waals surface area contributed by atoms with Crippen LogP contribution in [-0.2, 0) is 4.43 Å². The average molecular weight is 224 g/mol. The van der Waals surface area contributed by atoms with Gasteiger partial charge in [-0.15, -0.1) is 0 Å². The minimum absolute atomic E-state index is 0.137. The van der Waals surface area contributed by atoms with Gasteiger partial charge >= 0.3 is 0 Å². The van der Waals surface area contributed by atoms with E-state index in [1.807, 2.05) is 0 Å². The Balaban J connectivity index is 1.85. The third-order valence-corrected chi connectivity index (χ3v) is 5.20. The van der Waals surface area contributed by atoms with Crippen LogP contribution in [0.15, 0.2) is 12.2 Å². The van der Waals surface area contributed by atoms with Crippen molar-refractivity contribution < 1.29 is 9.53 Å². The van der Waals surface area contributed by atoms with Crippen LogP contribution in [0.1, 0.15) is 6.42 Å². The average Bonchev–Trinajstić information content (AvgIpc) is 2.54. The predicted molar refractivity (Wildman–Crippen MR) is 62.0 cm³/mol. The topological polar surface area (TPSA) is 29.5 Å². The third kappa shape index (κ3) is 1.17. The van der Waals surface area contributed by atoms with Crippen molar-refractivity contribution in [3.05, 3.63) is 12.2 Å². The van der Waals surface area contributed by atoms with Crippen molar-refractivity contribution in [3.8, 4) is 0 Å². The van der Waals surface area contributed by atoms with E-state index >= 15 is 0 Å². The molecule has 0 radical (unpaired) electrons. The van der Waals surface area contributed by atoms with E-state index in [4.69, 9.17) is 4.43 Å². The normalized spacial score (nSPS) is 50.9. The maximum absolute atomic E-state index is 9.37. The molecule has 15 heavy (non-hydrogen) atoms. The molecular weight excluding hydrogens is 204 g/mol. The fourth-order valence-electron chi connectivity index (χ4n) is 3.93. The van der Waals surface area contributed by atoms with Gasteiger partial charge in [0.2, 0.25) is 0 Å². The van der Waals surface area contributed by atoms with E-state index in [2.05, 4.69) is 31.8 Å². The molecule has 0 heterocycles. The Morgan fingerprint density at radius 1 is 1.40 bits per heavy atom. The van der Waals surface area contributed by atoms with E-state index in [9.17, 15) is 5.11 Å². The summed E-state index contributed by atoms with van der Waals surface area (Å²) < 4.78 is 6.44. The lowest BCUT2D eigenvalue weighted by molar-refractivity contribution is 0.127. The summed E-state index contributed by atoms with van der Waals surface area (Å²) >= 11 is 0. The molecule has 3 rings (SSSR count). The minimum atomic E-state index is -1.46. The number of hydrogen-bond acceptors (Lipinski definition) is 2. The van der Waals surface area contributed by atoms with Crippen LogP contribution >= 0.6 is 0 Å². The molecule has 0 aromatic heterocycles. The largest absolute Gasteiger partial charge is 0.411 e. The Morgan fingerprint density at radius 3 is 2.67 bits per heavy atom. The van der Waals surface area contributed by atoms with Gasteiger partial charge in [-0.2, -0.15) is 0 Å². The smallest absolute Gasteiger partial charge is 0.184 e. The zero-order valence-electron chi connectivity index (χ0n) is 9.73. The summed E-state index contributed by atoms with van der Waals surface area (Å²) in [5.74, 6) is 2.34. The Hall–Kier alpha value is -0.123. The summed E-state index contributed by atoms with van der Waals surface area (Å²) in [5, 5.41) is 9.37. The van der Waals surface area contributed by atoms with Crippen molar-refractivity contribution in [1.29, 1.82) is 0 Å². The molecule has 1 N–H and O–H groups in total. The molecule has 84 valence electrons. The Bertz CT molecular complexity index is 320. The minimum Gasteiger partial charge on any atom is -0.411 e. The molecule has 5 atom stereocenters. The summed E-state index contributed by atoms with van der Waals surface area (Å²) in [4.78, 5) is 0. The highest BCUT2D eigenvalue weighted by atomic mass is 28.4. The van der Waals surface area contributed by atoms with Crippen molar-refractivity contribution in [3.63, 3.8) is 0 Å². The lowest BCUT2D eigenvalue weighted by Crippen LogP contribution is -2.37. The molecule has 2 nitrogen and oxygen atoms in total. The number of rotatable bonds is 3. The zero-order chi connectivity index (χ0) is 10.8. The fraction of sp³-hybridized carbons (Fsp3) is 0.833. The van der Waals surface area contributed by atoms with Gasteiger partial charge in [0.25, 0.3) is 0 Å². The molecule has 1 unspecified atom stereocenters. The van der Waals surface area contributed by atoms with E-state index in [-0.39, 0.29) is 5.60 Å². The zero-order valence-corrected chi connectivity index (χ0v) is 10.7. The second-order valence-corrected chi connectivity index (χ2v) is 10.7. The van der Waals surface area contributed by atoms with Crippen molar-refractivity contribution in [2.75, 3.05) is 6.61 Å². The van der Waals surface area contributed by atoms with E-state index in [0.717, 1.165) is 6.42 Å². The molecular formula is C12H20O2Si. The standard InChI is InChI=1S/C12H20O2Si/c1-15(2,3)14-12-9-4-5-10(12)11(12)8(6-9)7-13/h4-5,8-11,13H,6-7H2,1-3H3/t8-,9-,10+,11-,12?/m0/s1. The third-order valence-electron chi connectivity index (χ3n) is 4.23. The molecule has 0 aromatic carbocycles. The van der Waals surface area contributed by atoms with Gasteiger partial charge in [0, 0.05) is 24.4 Å². The predicted octanol–water partition coefficient (Wildman–Crippen LogP) is 2.02. The van der Waals surface area contributed by atoms with Crippen LogP contribution in [0.5, 0.6) is 0 Å². The van der Waals surface area contributed by atoms with E-state index in [1.54, 1.807) is 0 Å². The van der Waals surface area contributed by atoms with Gasteiger partial charge in [-0.25, -0.2) is 0 Å². The van der Waals surface area contributed by atoms with Gasteiger partial charge in [0.15, 0.2) is 8.32 Å². The second-order valence-electron chi connectivity index (χ2n) is 6.29. The monoisotopic (exact) mass is 224 g/mol. The second kappa shape index (κ2) is 2.76. The Labute approximate surface area is 92.5 Å². The summed E-state index contributed by atoms with van der Waals surface area (Å²) in [6.07, 6.45) is 5.81. The van der Waals surface area contributed by atoms with E-state index in [0.29, 0.717) is 30.3 Å². The van der Waals surface area contributed by atoms with Crippen LogP contribution in [-0.4, -0.2) is 25.6 Å². The van der Waals surface area contributed by atoms with Crippen LogP contribution in [0, 0.1) is 23.7 Å². The quantitative estimate of drug-likeness (QED) is 0.587. The van der Waals surface area contributed by atoms with Gasteiger partial charge in [-0.05, 0) is 32.0 Å². The molecule has 0 saturated heterocycles. The number of aliphatic hydroxyl groups is 1. The first-order chi connectivity index (χ1) is 6.99. The van der Waals surface area contributed by atoms with Crippen LogP contribution in [0.4, 0.5) is 0 Å². The number of hydrogen-bond donors (Lipinski definition) is 1. The first kappa shape index (κ1) is 10.1. The van der Waals surface area contributed by atoms with Crippen LogP contribution in [0.2, 0.25) is 19.6 Å². The molecule has 0 aliphatic heterocycles. The molecule has 0 bridgehead atoms. The van der Waals surface area contributed by atoms with Crippen LogP contribution in [0.25, 0.3) is 0 Å². The van der Waals surface area contributed by atoms with E-state index < -0.39 is 8.32 Å². The molecule has 0 aromatic rings. The molecule has 0 spiro atoms. The first-order valence-corrected chi connectivity index (χ1v) is 9.39. The molecule has 2 fully saturated rings. The molecule has 2 saturated carbocycles. The number of fused-ring (bicyclic) bond motifs is 1. The highest BCUT2D eigenvalue weighted by Gasteiger charge is 2.76. The summed E-state index contributed by atoms with van der Waals surface area (Å²) in [6, 6.07) is 0.